The van der Waals surface area contributed by atoms with E-state index in [-0.39, 0.29) is 11.7 Å². The summed E-state index contributed by atoms with van der Waals surface area (Å²) in [5.74, 6) is 0.612. The van der Waals surface area contributed by atoms with Gasteiger partial charge in [-0.15, -0.1) is 0 Å². The van der Waals surface area contributed by atoms with E-state index >= 15 is 0 Å². The second-order valence-electron chi connectivity index (χ2n) is 7.30. The second kappa shape index (κ2) is 9.88. The highest BCUT2D eigenvalue weighted by atomic mass is 32.1. The molecule has 0 saturated heterocycles. The highest BCUT2D eigenvalue weighted by Crippen LogP contribution is 2.38. The van der Waals surface area contributed by atoms with Crippen LogP contribution in [0.3, 0.4) is 0 Å². The number of anilines is 1. The van der Waals surface area contributed by atoms with Crippen LogP contribution in [-0.2, 0) is 0 Å². The lowest BCUT2D eigenvalue weighted by molar-refractivity contribution is 0.0987. The molecule has 0 radical (unpaired) electrons. The molecule has 4 aromatic rings. The van der Waals surface area contributed by atoms with Crippen molar-refractivity contribution in [2.24, 2.45) is 5.10 Å². The Bertz CT molecular complexity index is 1360. The molecule has 7 nitrogen and oxygen atoms in total. The Hall–Kier alpha value is -3.98. The molecule has 4 rings (SSSR count). The number of aryl methyl sites for hydroxylation is 1. The first kappa shape index (κ1) is 23.2. The van der Waals surface area contributed by atoms with Crippen molar-refractivity contribution in [1.82, 2.24) is 4.98 Å². The fraction of sp³-hybridized carbons (Fsp3) is 0.160. The second-order valence-corrected chi connectivity index (χ2v) is 8.31. The molecular formula is C25H22FN3O4S. The van der Waals surface area contributed by atoms with Gasteiger partial charge in [-0.2, -0.15) is 10.1 Å². The molecule has 0 saturated carbocycles. The third-order valence-corrected chi connectivity index (χ3v) is 5.98. The first-order chi connectivity index (χ1) is 16.4. The highest BCUT2D eigenvalue weighted by Gasteiger charge is 2.22. The maximum Gasteiger partial charge on any atom is 0.280 e. The molecule has 0 aliphatic rings. The minimum absolute atomic E-state index is 0.316. The molecule has 0 spiro atoms. The Morgan fingerprint density at radius 3 is 2.41 bits per heavy atom. The number of rotatable bonds is 7. The number of methoxy groups -OCH3 is 3. The van der Waals surface area contributed by atoms with Crippen LogP contribution in [0.25, 0.3) is 10.2 Å². The molecule has 3 aromatic carbocycles. The Morgan fingerprint density at radius 2 is 1.76 bits per heavy atom. The van der Waals surface area contributed by atoms with Gasteiger partial charge in [-0.05, 0) is 49.4 Å². The van der Waals surface area contributed by atoms with Gasteiger partial charge >= 0.3 is 0 Å². The van der Waals surface area contributed by atoms with E-state index in [2.05, 4.69) is 10.1 Å². The lowest BCUT2D eigenvalue weighted by Crippen LogP contribution is -2.25. The van der Waals surface area contributed by atoms with Crippen LogP contribution in [0, 0.1) is 12.7 Å². The van der Waals surface area contributed by atoms with Crippen molar-refractivity contribution in [3.05, 3.63) is 77.1 Å². The van der Waals surface area contributed by atoms with Crippen LogP contribution < -0.4 is 19.2 Å². The molecule has 0 N–H and O–H groups in total. The normalized spacial score (nSPS) is 11.1. The zero-order valence-electron chi connectivity index (χ0n) is 19.0. The van der Waals surface area contributed by atoms with Crippen LogP contribution >= 0.6 is 11.3 Å². The van der Waals surface area contributed by atoms with Crippen LogP contribution in [0.5, 0.6) is 17.2 Å². The van der Waals surface area contributed by atoms with E-state index in [1.165, 1.54) is 56.0 Å². The molecule has 0 aliphatic heterocycles. The molecule has 0 aliphatic carbocycles. The number of hydrogen-bond donors (Lipinski definition) is 0. The van der Waals surface area contributed by atoms with Gasteiger partial charge in [0.2, 0.25) is 10.9 Å². The van der Waals surface area contributed by atoms with Gasteiger partial charge in [-0.25, -0.2) is 9.37 Å². The summed E-state index contributed by atoms with van der Waals surface area (Å²) in [4.78, 5) is 17.9. The summed E-state index contributed by atoms with van der Waals surface area (Å²) in [6, 6.07) is 14.9. The zero-order valence-corrected chi connectivity index (χ0v) is 19.9. The molecule has 0 fully saturated rings. The van der Waals surface area contributed by atoms with E-state index in [0.717, 1.165) is 5.56 Å². The number of amides is 1. The van der Waals surface area contributed by atoms with Crippen LogP contribution in [-0.4, -0.2) is 38.4 Å². The van der Waals surface area contributed by atoms with Crippen molar-refractivity contribution >= 4 is 38.8 Å². The number of hydrogen-bond acceptors (Lipinski definition) is 7. The topological polar surface area (TPSA) is 73.2 Å². The number of thiazole rings is 1. The summed E-state index contributed by atoms with van der Waals surface area (Å²) < 4.78 is 30.5. The fourth-order valence-corrected chi connectivity index (χ4v) is 4.31. The summed E-state index contributed by atoms with van der Waals surface area (Å²) in [5, 5.41) is 5.98. The number of fused-ring (bicyclic) bond motifs is 1. The molecule has 9 heteroatoms. The number of carbonyl (C=O) groups is 1. The van der Waals surface area contributed by atoms with E-state index in [1.807, 2.05) is 13.0 Å². The fourth-order valence-electron chi connectivity index (χ4n) is 3.37. The Balaban J connectivity index is 1.79. The molecule has 0 atom stereocenters. The van der Waals surface area contributed by atoms with Crippen LogP contribution in [0.2, 0.25) is 0 Å². The van der Waals surface area contributed by atoms with E-state index in [0.29, 0.717) is 43.7 Å². The lowest BCUT2D eigenvalue weighted by atomic mass is 10.1. The number of nitrogens with zero attached hydrogens (tertiary/aromatic N) is 3. The third-order valence-electron chi connectivity index (χ3n) is 4.99. The molecule has 174 valence electrons. The Labute approximate surface area is 200 Å². The highest BCUT2D eigenvalue weighted by molar-refractivity contribution is 7.22. The van der Waals surface area contributed by atoms with Crippen molar-refractivity contribution < 1.29 is 23.4 Å². The summed E-state index contributed by atoms with van der Waals surface area (Å²) in [6.07, 6.45) is 1.50. The van der Waals surface area contributed by atoms with Gasteiger partial charge in [0, 0.05) is 11.1 Å². The SMILES string of the molecule is COc1cc(/C=N/N(C(=O)c2cccc(C)c2)c2nc3ccc(F)cc3s2)cc(OC)c1OC. The van der Waals surface area contributed by atoms with Gasteiger partial charge in [-0.3, -0.25) is 4.79 Å². The first-order valence-electron chi connectivity index (χ1n) is 10.2. The van der Waals surface area contributed by atoms with Crippen molar-refractivity contribution in [2.75, 3.05) is 26.3 Å². The van der Waals surface area contributed by atoms with Gasteiger partial charge in [0.05, 0.1) is 37.8 Å². The number of benzene rings is 3. The number of aromatic nitrogens is 1. The van der Waals surface area contributed by atoms with Crippen molar-refractivity contribution in [2.45, 2.75) is 6.92 Å². The van der Waals surface area contributed by atoms with Gasteiger partial charge in [0.1, 0.15) is 5.82 Å². The number of halogens is 1. The smallest absolute Gasteiger partial charge is 0.280 e. The zero-order chi connectivity index (χ0) is 24.2. The quantitative estimate of drug-likeness (QED) is 0.260. The lowest BCUT2D eigenvalue weighted by Gasteiger charge is -2.15. The maximum absolute atomic E-state index is 13.7. The average Bonchev–Trinajstić information content (AvgIpc) is 3.26. The summed E-state index contributed by atoms with van der Waals surface area (Å²) >= 11 is 1.17. The van der Waals surface area contributed by atoms with Crippen LogP contribution in [0.4, 0.5) is 9.52 Å². The largest absolute Gasteiger partial charge is 0.493 e. The van der Waals surface area contributed by atoms with Gasteiger partial charge in [0.15, 0.2) is 11.5 Å². The molecule has 1 amide bonds. The van der Waals surface area contributed by atoms with Crippen LogP contribution in [0.1, 0.15) is 21.5 Å². The van der Waals surface area contributed by atoms with Gasteiger partial charge < -0.3 is 14.2 Å². The first-order valence-corrected chi connectivity index (χ1v) is 11.1. The third kappa shape index (κ3) is 4.69. The number of ether oxygens (including phenoxy) is 3. The van der Waals surface area contributed by atoms with Crippen molar-refractivity contribution in [3.8, 4) is 17.2 Å². The number of carbonyl (C=O) groups excluding carboxylic acids is 1. The predicted octanol–water partition coefficient (Wildman–Crippen LogP) is 5.45. The van der Waals surface area contributed by atoms with E-state index < -0.39 is 0 Å². The van der Waals surface area contributed by atoms with E-state index in [9.17, 15) is 9.18 Å². The average molecular weight is 480 g/mol. The van der Waals surface area contributed by atoms with Crippen LogP contribution in [0.15, 0.2) is 59.7 Å². The summed E-state index contributed by atoms with van der Waals surface area (Å²) in [5.41, 5.74) is 2.58. The van der Waals surface area contributed by atoms with Crippen molar-refractivity contribution in [1.29, 1.82) is 0 Å². The monoisotopic (exact) mass is 479 g/mol. The number of hydrazone groups is 1. The Kier molecular flexibility index (Phi) is 6.74. The minimum atomic E-state index is -0.375. The maximum atomic E-state index is 13.7. The molecule has 1 aromatic heterocycles. The molecule has 34 heavy (non-hydrogen) atoms. The summed E-state index contributed by atoms with van der Waals surface area (Å²) in [6.45, 7) is 1.90. The minimum Gasteiger partial charge on any atom is -0.493 e. The standard InChI is InChI=1S/C25H22FN3O4S/c1-15-6-5-7-17(10-15)24(30)29(25-28-19-9-8-18(26)13-22(19)34-25)27-14-16-11-20(31-2)23(33-4)21(12-16)32-3/h5-14H,1-4H3/b27-14+. The van der Waals surface area contributed by atoms with Gasteiger partial charge in [-0.1, -0.05) is 29.0 Å². The molecule has 1 heterocycles. The summed E-state index contributed by atoms with van der Waals surface area (Å²) in [7, 11) is 4.56. The predicted molar refractivity (Wildman–Crippen MR) is 131 cm³/mol. The van der Waals surface area contributed by atoms with E-state index in [4.69, 9.17) is 14.2 Å². The molecule has 0 unspecified atom stereocenters. The molecular weight excluding hydrogens is 457 g/mol. The van der Waals surface area contributed by atoms with Crippen molar-refractivity contribution in [3.63, 3.8) is 0 Å². The molecule has 0 bridgehead atoms. The Morgan fingerprint density at radius 1 is 1.03 bits per heavy atom. The van der Waals surface area contributed by atoms with Gasteiger partial charge in [0.25, 0.3) is 5.91 Å². The van der Waals surface area contributed by atoms with E-state index in [1.54, 1.807) is 36.4 Å².